The van der Waals surface area contributed by atoms with Crippen LogP contribution in [-0.4, -0.2) is 11.1 Å². The maximum absolute atomic E-state index is 11.2. The van der Waals surface area contributed by atoms with Crippen LogP contribution in [0.4, 0.5) is 0 Å². The van der Waals surface area contributed by atoms with E-state index >= 15 is 0 Å². The van der Waals surface area contributed by atoms with Crippen molar-refractivity contribution in [3.05, 3.63) is 58.7 Å². The highest BCUT2D eigenvalue weighted by molar-refractivity contribution is 5.91. The Hall–Kier alpha value is -2.80. The molecular weight excluding hydrogens is 254 g/mol. The van der Waals surface area contributed by atoms with Crippen molar-refractivity contribution >= 4 is 5.97 Å². The van der Waals surface area contributed by atoms with Crippen LogP contribution in [0.15, 0.2) is 36.4 Å². The number of ether oxygens (including phenoxy) is 1. The lowest BCUT2D eigenvalue weighted by atomic mass is 10.1. The van der Waals surface area contributed by atoms with E-state index in [1.165, 1.54) is 6.07 Å². The molecule has 0 spiro atoms. The maximum atomic E-state index is 11.2. The molecule has 20 heavy (non-hydrogen) atoms. The highest BCUT2D eigenvalue weighted by atomic mass is 16.5. The van der Waals surface area contributed by atoms with Crippen molar-refractivity contribution in [2.24, 2.45) is 0 Å². The lowest BCUT2D eigenvalue weighted by Gasteiger charge is -2.12. The van der Waals surface area contributed by atoms with E-state index in [0.29, 0.717) is 11.3 Å². The number of nitriles is 1. The van der Waals surface area contributed by atoms with Crippen LogP contribution < -0.4 is 4.74 Å². The summed E-state index contributed by atoms with van der Waals surface area (Å²) in [4.78, 5) is 11.2. The fraction of sp³-hybridized carbons (Fsp3) is 0.125. The molecule has 0 atom stereocenters. The highest BCUT2D eigenvalue weighted by Crippen LogP contribution is 2.29. The van der Waals surface area contributed by atoms with Crippen LogP contribution in [0.25, 0.3) is 0 Å². The van der Waals surface area contributed by atoms with Gasteiger partial charge in [-0.05, 0) is 49.2 Å². The van der Waals surface area contributed by atoms with Gasteiger partial charge in [-0.25, -0.2) is 4.79 Å². The third kappa shape index (κ3) is 2.78. The predicted molar refractivity (Wildman–Crippen MR) is 74.1 cm³/mol. The van der Waals surface area contributed by atoms with Gasteiger partial charge in [-0.3, -0.25) is 0 Å². The zero-order chi connectivity index (χ0) is 14.7. The first kappa shape index (κ1) is 13.6. The largest absolute Gasteiger partial charge is 0.478 e. The number of hydrogen-bond donors (Lipinski definition) is 1. The van der Waals surface area contributed by atoms with Crippen LogP contribution in [0.5, 0.6) is 11.5 Å². The molecule has 0 saturated heterocycles. The summed E-state index contributed by atoms with van der Waals surface area (Å²) in [6.45, 7) is 3.70. The third-order valence-corrected chi connectivity index (χ3v) is 2.90. The number of benzene rings is 2. The molecule has 0 heterocycles. The van der Waals surface area contributed by atoms with Crippen molar-refractivity contribution in [1.82, 2.24) is 0 Å². The van der Waals surface area contributed by atoms with Crippen molar-refractivity contribution in [1.29, 1.82) is 5.26 Å². The van der Waals surface area contributed by atoms with Crippen molar-refractivity contribution in [2.75, 3.05) is 0 Å². The average molecular weight is 267 g/mol. The Morgan fingerprint density at radius 1 is 1.15 bits per heavy atom. The molecule has 0 fully saturated rings. The predicted octanol–water partition coefficient (Wildman–Crippen LogP) is 3.67. The molecule has 0 aliphatic rings. The standard InChI is InChI=1S/C16H13NO3/c1-10-3-6-13(16(18)19)15(7-10)20-14-8-12(9-17)5-4-11(14)2/h3-8H,1-2H3,(H,18,19). The molecule has 1 N–H and O–H groups in total. The summed E-state index contributed by atoms with van der Waals surface area (Å²) in [7, 11) is 0. The van der Waals surface area contributed by atoms with Gasteiger partial charge in [0.25, 0.3) is 0 Å². The maximum Gasteiger partial charge on any atom is 0.339 e. The molecular formula is C16H13NO3. The normalized spacial score (nSPS) is 9.85. The first-order valence-electron chi connectivity index (χ1n) is 6.04. The molecule has 2 aromatic carbocycles. The SMILES string of the molecule is Cc1ccc(C(=O)O)c(Oc2cc(C#N)ccc2C)c1. The van der Waals surface area contributed by atoms with Gasteiger partial charge in [0.1, 0.15) is 17.1 Å². The number of hydrogen-bond acceptors (Lipinski definition) is 3. The summed E-state index contributed by atoms with van der Waals surface area (Å²) >= 11 is 0. The van der Waals surface area contributed by atoms with E-state index in [9.17, 15) is 9.90 Å². The fourth-order valence-electron chi connectivity index (χ4n) is 1.79. The Bertz CT molecular complexity index is 714. The van der Waals surface area contributed by atoms with Gasteiger partial charge >= 0.3 is 5.97 Å². The van der Waals surface area contributed by atoms with Gasteiger partial charge in [0.05, 0.1) is 11.6 Å². The molecule has 0 saturated carbocycles. The molecule has 0 aromatic heterocycles. The summed E-state index contributed by atoms with van der Waals surface area (Å²) < 4.78 is 5.69. The van der Waals surface area contributed by atoms with Crippen molar-refractivity contribution in [3.8, 4) is 17.6 Å². The number of rotatable bonds is 3. The topological polar surface area (TPSA) is 70.3 Å². The second-order valence-corrected chi connectivity index (χ2v) is 4.50. The van der Waals surface area contributed by atoms with Crippen molar-refractivity contribution in [2.45, 2.75) is 13.8 Å². The van der Waals surface area contributed by atoms with E-state index in [-0.39, 0.29) is 11.3 Å². The summed E-state index contributed by atoms with van der Waals surface area (Å²) in [5.41, 5.74) is 2.30. The third-order valence-electron chi connectivity index (χ3n) is 2.90. The molecule has 4 heteroatoms. The Balaban J connectivity index is 2.47. The van der Waals surface area contributed by atoms with Gasteiger partial charge in [-0.2, -0.15) is 5.26 Å². The number of aryl methyl sites for hydroxylation is 2. The van der Waals surface area contributed by atoms with Crippen LogP contribution in [0, 0.1) is 25.2 Å². The van der Waals surface area contributed by atoms with E-state index in [2.05, 4.69) is 0 Å². The first-order chi connectivity index (χ1) is 9.51. The molecule has 100 valence electrons. The number of aromatic carboxylic acids is 1. The molecule has 2 rings (SSSR count). The van der Waals surface area contributed by atoms with E-state index < -0.39 is 5.97 Å². The molecule has 0 aliphatic heterocycles. The molecule has 0 amide bonds. The Kier molecular flexibility index (Phi) is 3.72. The number of carboxylic acids is 1. The fourth-order valence-corrected chi connectivity index (χ4v) is 1.79. The van der Waals surface area contributed by atoms with Crippen LogP contribution >= 0.6 is 0 Å². The Labute approximate surface area is 116 Å². The minimum Gasteiger partial charge on any atom is -0.478 e. The van der Waals surface area contributed by atoms with Gasteiger partial charge < -0.3 is 9.84 Å². The number of nitrogens with zero attached hydrogens (tertiary/aromatic N) is 1. The average Bonchev–Trinajstić information content (AvgIpc) is 2.41. The van der Waals surface area contributed by atoms with Gasteiger partial charge in [-0.1, -0.05) is 12.1 Å². The highest BCUT2D eigenvalue weighted by Gasteiger charge is 2.13. The van der Waals surface area contributed by atoms with Crippen LogP contribution in [0.3, 0.4) is 0 Å². The Morgan fingerprint density at radius 3 is 2.55 bits per heavy atom. The zero-order valence-electron chi connectivity index (χ0n) is 11.2. The minimum absolute atomic E-state index is 0.0948. The molecule has 4 nitrogen and oxygen atoms in total. The van der Waals surface area contributed by atoms with Gasteiger partial charge in [0, 0.05) is 0 Å². The van der Waals surface area contributed by atoms with Crippen LogP contribution in [0.2, 0.25) is 0 Å². The molecule has 0 radical (unpaired) electrons. The first-order valence-corrected chi connectivity index (χ1v) is 6.04. The summed E-state index contributed by atoms with van der Waals surface area (Å²) in [5, 5.41) is 18.1. The second kappa shape index (κ2) is 5.45. The lowest BCUT2D eigenvalue weighted by Crippen LogP contribution is -2.01. The molecule has 0 aliphatic carbocycles. The smallest absolute Gasteiger partial charge is 0.339 e. The van der Waals surface area contributed by atoms with E-state index in [1.807, 2.05) is 19.9 Å². The molecule has 0 bridgehead atoms. The van der Waals surface area contributed by atoms with E-state index in [1.54, 1.807) is 30.3 Å². The van der Waals surface area contributed by atoms with Gasteiger partial charge in [-0.15, -0.1) is 0 Å². The van der Waals surface area contributed by atoms with Crippen LogP contribution in [-0.2, 0) is 0 Å². The molecule has 2 aromatic rings. The van der Waals surface area contributed by atoms with E-state index in [4.69, 9.17) is 10.00 Å². The minimum atomic E-state index is -1.05. The molecule has 0 unspecified atom stereocenters. The zero-order valence-corrected chi connectivity index (χ0v) is 11.2. The summed E-state index contributed by atoms with van der Waals surface area (Å²) in [5.74, 6) is -0.290. The second-order valence-electron chi connectivity index (χ2n) is 4.50. The van der Waals surface area contributed by atoms with Crippen LogP contribution in [0.1, 0.15) is 27.0 Å². The monoisotopic (exact) mass is 267 g/mol. The van der Waals surface area contributed by atoms with Crippen molar-refractivity contribution < 1.29 is 14.6 Å². The quantitative estimate of drug-likeness (QED) is 0.921. The summed E-state index contributed by atoms with van der Waals surface area (Å²) in [6.07, 6.45) is 0. The van der Waals surface area contributed by atoms with Crippen molar-refractivity contribution in [3.63, 3.8) is 0 Å². The van der Waals surface area contributed by atoms with Gasteiger partial charge in [0.2, 0.25) is 0 Å². The number of carboxylic acid groups (broad SMARTS) is 1. The summed E-state index contributed by atoms with van der Waals surface area (Å²) in [6, 6.07) is 12.0. The number of carbonyl (C=O) groups is 1. The Morgan fingerprint density at radius 2 is 1.90 bits per heavy atom. The lowest BCUT2D eigenvalue weighted by molar-refractivity contribution is 0.0694. The van der Waals surface area contributed by atoms with E-state index in [0.717, 1.165) is 11.1 Å². The van der Waals surface area contributed by atoms with Gasteiger partial charge in [0.15, 0.2) is 0 Å².